The van der Waals surface area contributed by atoms with E-state index in [2.05, 4.69) is 9.44 Å². The molecule has 28 heavy (non-hydrogen) atoms. The van der Waals surface area contributed by atoms with Crippen molar-refractivity contribution in [3.05, 3.63) is 53.1 Å². The molecule has 2 aromatic carbocycles. The molecule has 2 aromatic rings. The maximum absolute atomic E-state index is 13.0. The van der Waals surface area contributed by atoms with Gasteiger partial charge in [-0.25, -0.2) is 21.6 Å². The molecule has 1 aliphatic carbocycles. The lowest BCUT2D eigenvalue weighted by atomic mass is 10.2. The average molecular weight is 455 g/mol. The van der Waals surface area contributed by atoms with Gasteiger partial charge in [-0.2, -0.15) is 13.2 Å². The minimum atomic E-state index is -4.83. The van der Waals surface area contributed by atoms with E-state index in [-0.39, 0.29) is 16.6 Å². The zero-order valence-electron chi connectivity index (χ0n) is 14.0. The van der Waals surface area contributed by atoms with E-state index < -0.39 is 41.7 Å². The van der Waals surface area contributed by atoms with Crippen molar-refractivity contribution in [1.82, 2.24) is 4.72 Å². The van der Waals surface area contributed by atoms with Crippen LogP contribution in [0.4, 0.5) is 18.9 Å². The first-order chi connectivity index (χ1) is 12.9. The molecule has 0 atom stereocenters. The lowest BCUT2D eigenvalue weighted by molar-refractivity contribution is -0.137. The molecule has 0 unspecified atom stereocenters. The van der Waals surface area contributed by atoms with Gasteiger partial charge in [0, 0.05) is 6.04 Å². The summed E-state index contributed by atoms with van der Waals surface area (Å²) >= 11 is 5.50. The standard InChI is InChI=1S/C16H14ClF3N2O4S2/c17-15-7-6-13(9-14(15)16(18,19)20)28(25,26)22-11-2-1-3-12(8-11)27(23,24)21-10-4-5-10/h1-3,6-10,21-22H,4-5H2. The summed E-state index contributed by atoms with van der Waals surface area (Å²) in [6.45, 7) is 0. The van der Waals surface area contributed by atoms with Gasteiger partial charge in [0.1, 0.15) is 0 Å². The Labute approximate surface area is 164 Å². The van der Waals surface area contributed by atoms with Crippen molar-refractivity contribution >= 4 is 37.3 Å². The Morgan fingerprint density at radius 1 is 0.929 bits per heavy atom. The van der Waals surface area contributed by atoms with Crippen LogP contribution in [-0.2, 0) is 26.2 Å². The zero-order chi connectivity index (χ0) is 20.7. The summed E-state index contributed by atoms with van der Waals surface area (Å²) < 4.78 is 92.8. The van der Waals surface area contributed by atoms with E-state index in [1.807, 2.05) is 0 Å². The highest BCUT2D eigenvalue weighted by Gasteiger charge is 2.34. The summed E-state index contributed by atoms with van der Waals surface area (Å²) in [5.74, 6) is 0. The van der Waals surface area contributed by atoms with E-state index in [0.29, 0.717) is 6.07 Å². The van der Waals surface area contributed by atoms with Gasteiger partial charge < -0.3 is 0 Å². The van der Waals surface area contributed by atoms with Crippen molar-refractivity contribution in [2.75, 3.05) is 4.72 Å². The topological polar surface area (TPSA) is 92.3 Å². The highest BCUT2D eigenvalue weighted by atomic mass is 35.5. The van der Waals surface area contributed by atoms with Gasteiger partial charge in [-0.3, -0.25) is 4.72 Å². The Bertz CT molecular complexity index is 1110. The predicted octanol–water partition coefficient (Wildman–Crippen LogP) is 3.60. The smallest absolute Gasteiger partial charge is 0.280 e. The number of hydrogen-bond donors (Lipinski definition) is 2. The number of sulfonamides is 2. The van der Waals surface area contributed by atoms with Gasteiger partial charge in [0.05, 0.1) is 26.1 Å². The van der Waals surface area contributed by atoms with Gasteiger partial charge in [-0.15, -0.1) is 0 Å². The number of anilines is 1. The molecule has 0 amide bonds. The second-order valence-electron chi connectivity index (χ2n) is 6.17. The SMILES string of the molecule is O=S(=O)(Nc1cccc(S(=O)(=O)NC2CC2)c1)c1ccc(Cl)c(C(F)(F)F)c1. The van der Waals surface area contributed by atoms with Gasteiger partial charge >= 0.3 is 6.18 Å². The molecule has 6 nitrogen and oxygen atoms in total. The number of hydrogen-bond acceptors (Lipinski definition) is 4. The number of benzene rings is 2. The van der Waals surface area contributed by atoms with E-state index in [0.717, 1.165) is 31.0 Å². The Hall–Kier alpha value is -1.82. The third-order valence-corrected chi connectivity index (χ3v) is 7.08. The molecule has 2 N–H and O–H groups in total. The van der Waals surface area contributed by atoms with Gasteiger partial charge in [-0.05, 0) is 49.2 Å². The van der Waals surface area contributed by atoms with Crippen molar-refractivity contribution < 1.29 is 30.0 Å². The van der Waals surface area contributed by atoms with Crippen molar-refractivity contribution in [2.24, 2.45) is 0 Å². The van der Waals surface area contributed by atoms with Crippen LogP contribution < -0.4 is 9.44 Å². The Kier molecular flexibility index (Phi) is 5.38. The summed E-state index contributed by atoms with van der Waals surface area (Å²) in [5, 5.41) is -0.634. The van der Waals surface area contributed by atoms with Crippen molar-refractivity contribution in [3.8, 4) is 0 Å². The first-order valence-electron chi connectivity index (χ1n) is 7.90. The van der Waals surface area contributed by atoms with E-state index in [4.69, 9.17) is 11.6 Å². The van der Waals surface area contributed by atoms with Crippen LogP contribution in [0, 0.1) is 0 Å². The van der Waals surface area contributed by atoms with Gasteiger partial charge in [0.15, 0.2) is 0 Å². The Morgan fingerprint density at radius 3 is 2.18 bits per heavy atom. The van der Waals surface area contributed by atoms with Crippen LogP contribution >= 0.6 is 11.6 Å². The molecule has 0 saturated heterocycles. The summed E-state index contributed by atoms with van der Waals surface area (Å²) in [6, 6.07) is 7.01. The van der Waals surface area contributed by atoms with Crippen LogP contribution in [-0.4, -0.2) is 22.9 Å². The van der Waals surface area contributed by atoms with Crippen LogP contribution in [0.1, 0.15) is 18.4 Å². The van der Waals surface area contributed by atoms with Crippen molar-refractivity contribution in [2.45, 2.75) is 34.9 Å². The van der Waals surface area contributed by atoms with Crippen LogP contribution in [0.15, 0.2) is 52.3 Å². The molecule has 1 fully saturated rings. The lowest BCUT2D eigenvalue weighted by Gasteiger charge is -2.13. The molecule has 1 aliphatic rings. The minimum Gasteiger partial charge on any atom is -0.280 e. The first kappa shape index (κ1) is 20.9. The maximum atomic E-state index is 13.0. The molecule has 0 spiro atoms. The molecule has 0 aliphatic heterocycles. The fourth-order valence-electron chi connectivity index (χ4n) is 2.32. The molecule has 0 heterocycles. The second kappa shape index (κ2) is 7.21. The Morgan fingerprint density at radius 2 is 1.57 bits per heavy atom. The molecule has 0 aromatic heterocycles. The number of rotatable bonds is 6. The maximum Gasteiger partial charge on any atom is 0.417 e. The molecule has 1 saturated carbocycles. The van der Waals surface area contributed by atoms with E-state index in [9.17, 15) is 30.0 Å². The molecular formula is C16H14ClF3N2O4S2. The van der Waals surface area contributed by atoms with E-state index >= 15 is 0 Å². The number of halogens is 4. The monoisotopic (exact) mass is 454 g/mol. The minimum absolute atomic E-state index is 0.109. The summed E-state index contributed by atoms with van der Waals surface area (Å²) in [6.07, 6.45) is -3.38. The lowest BCUT2D eigenvalue weighted by Crippen LogP contribution is -2.25. The van der Waals surface area contributed by atoms with E-state index in [1.165, 1.54) is 18.2 Å². The quantitative estimate of drug-likeness (QED) is 0.697. The molecule has 3 rings (SSSR count). The van der Waals surface area contributed by atoms with Gasteiger partial charge in [0.2, 0.25) is 10.0 Å². The molecule has 0 bridgehead atoms. The third-order valence-electron chi connectivity index (χ3n) is 3.85. The normalized spacial score (nSPS) is 15.4. The highest BCUT2D eigenvalue weighted by molar-refractivity contribution is 7.92. The molecule has 152 valence electrons. The first-order valence-corrected chi connectivity index (χ1v) is 11.2. The third kappa shape index (κ3) is 4.77. The highest BCUT2D eigenvalue weighted by Crippen LogP contribution is 2.36. The predicted molar refractivity (Wildman–Crippen MR) is 97.0 cm³/mol. The van der Waals surface area contributed by atoms with Crippen LogP contribution in [0.2, 0.25) is 5.02 Å². The summed E-state index contributed by atoms with van der Waals surface area (Å²) in [7, 11) is -8.23. The van der Waals surface area contributed by atoms with Gasteiger partial charge in [-0.1, -0.05) is 17.7 Å². The second-order valence-corrected chi connectivity index (χ2v) is 9.97. The van der Waals surface area contributed by atoms with Crippen LogP contribution in [0.25, 0.3) is 0 Å². The number of nitrogens with one attached hydrogen (secondary N) is 2. The molecule has 12 heteroatoms. The van der Waals surface area contributed by atoms with Crippen LogP contribution in [0.3, 0.4) is 0 Å². The largest absolute Gasteiger partial charge is 0.417 e. The number of alkyl halides is 3. The average Bonchev–Trinajstić information content (AvgIpc) is 3.37. The van der Waals surface area contributed by atoms with Crippen molar-refractivity contribution in [3.63, 3.8) is 0 Å². The van der Waals surface area contributed by atoms with E-state index in [1.54, 1.807) is 0 Å². The Balaban J connectivity index is 1.90. The summed E-state index contributed by atoms with van der Waals surface area (Å²) in [5.41, 5.74) is -1.40. The van der Waals surface area contributed by atoms with Crippen LogP contribution in [0.5, 0.6) is 0 Å². The fraction of sp³-hybridized carbons (Fsp3) is 0.250. The fourth-order valence-corrected chi connectivity index (χ4v) is 4.97. The summed E-state index contributed by atoms with van der Waals surface area (Å²) in [4.78, 5) is -0.819. The van der Waals surface area contributed by atoms with Crippen molar-refractivity contribution in [1.29, 1.82) is 0 Å². The molecule has 0 radical (unpaired) electrons. The van der Waals surface area contributed by atoms with Gasteiger partial charge in [0.25, 0.3) is 10.0 Å². The molecular weight excluding hydrogens is 441 g/mol. The zero-order valence-corrected chi connectivity index (χ0v) is 16.4.